The van der Waals surface area contributed by atoms with Crippen LogP contribution in [-0.2, 0) is 36.8 Å². The number of amides is 3. The van der Waals surface area contributed by atoms with Gasteiger partial charge < -0.3 is 36.9 Å². The molecule has 0 aliphatic carbocycles. The fourth-order valence-corrected chi connectivity index (χ4v) is 3.65. The fourth-order valence-electron chi connectivity index (χ4n) is 3.65. The number of carbonyl (C=O) groups excluding carboxylic acids is 3. The topological polar surface area (TPSA) is 217 Å². The molecule has 5 unspecified atom stereocenters. The van der Waals surface area contributed by atoms with Crippen LogP contribution in [0.25, 0.3) is 0 Å². The van der Waals surface area contributed by atoms with Crippen molar-refractivity contribution < 1.29 is 34.2 Å². The number of carboxylic acids is 2. The highest BCUT2D eigenvalue weighted by Crippen LogP contribution is 2.11. The maximum atomic E-state index is 13.3. The second-order valence-electron chi connectivity index (χ2n) is 9.01. The van der Waals surface area contributed by atoms with Crippen molar-refractivity contribution >= 4 is 29.7 Å². The van der Waals surface area contributed by atoms with Gasteiger partial charge >= 0.3 is 11.9 Å². The van der Waals surface area contributed by atoms with Crippen LogP contribution in [0.3, 0.4) is 0 Å². The number of rotatable bonds is 15. The lowest BCUT2D eigenvalue weighted by Gasteiger charge is -2.28. The molecule has 1 aromatic heterocycles. The van der Waals surface area contributed by atoms with Crippen LogP contribution < -0.4 is 21.7 Å². The summed E-state index contributed by atoms with van der Waals surface area (Å²) in [6.45, 7) is 3.51. The highest BCUT2D eigenvalue weighted by molar-refractivity contribution is 5.95. The van der Waals surface area contributed by atoms with E-state index in [2.05, 4.69) is 25.9 Å². The molecule has 13 nitrogen and oxygen atoms in total. The summed E-state index contributed by atoms with van der Waals surface area (Å²) in [5.41, 5.74) is 6.86. The number of benzene rings is 1. The minimum Gasteiger partial charge on any atom is -0.481 e. The third-order valence-corrected chi connectivity index (χ3v) is 6.03. The Morgan fingerprint density at radius 2 is 1.61 bits per heavy atom. The van der Waals surface area contributed by atoms with Gasteiger partial charge in [0.1, 0.15) is 18.1 Å². The van der Waals surface area contributed by atoms with Crippen molar-refractivity contribution in [3.05, 3.63) is 54.1 Å². The first-order chi connectivity index (χ1) is 18.0. The largest absolute Gasteiger partial charge is 0.481 e. The van der Waals surface area contributed by atoms with Gasteiger partial charge in [0.05, 0.1) is 18.8 Å². The summed E-state index contributed by atoms with van der Waals surface area (Å²) >= 11 is 0. The number of carbonyl (C=O) groups is 5. The van der Waals surface area contributed by atoms with Gasteiger partial charge in [0.25, 0.3) is 0 Å². The number of aromatic amines is 1. The van der Waals surface area contributed by atoms with E-state index in [1.807, 2.05) is 0 Å². The van der Waals surface area contributed by atoms with Gasteiger partial charge in [0.15, 0.2) is 0 Å². The van der Waals surface area contributed by atoms with Crippen LogP contribution in [-0.4, -0.2) is 74.0 Å². The standard InChI is InChI=1S/C25H34N6O7/c1-3-14(2)21(31-22(34)17(26)11-20(32)33)24(36)29-18(9-15-7-5-4-6-8-15)23(35)30-19(25(37)38)10-16-12-27-13-28-16/h4-8,12-14,17-19,21H,3,9-11,26H2,1-2H3,(H,27,28)(H,29,36)(H,30,35)(H,31,34)(H,32,33)(H,37,38). The Balaban J connectivity index is 2.24. The zero-order valence-electron chi connectivity index (χ0n) is 21.2. The summed E-state index contributed by atoms with van der Waals surface area (Å²) in [6.07, 6.45) is 2.69. The first kappa shape index (κ1) is 30.0. The molecule has 0 saturated heterocycles. The van der Waals surface area contributed by atoms with E-state index in [-0.39, 0.29) is 18.8 Å². The first-order valence-corrected chi connectivity index (χ1v) is 12.1. The van der Waals surface area contributed by atoms with Crippen LogP contribution in [0.1, 0.15) is 37.9 Å². The number of hydrogen-bond acceptors (Lipinski definition) is 7. The van der Waals surface area contributed by atoms with Gasteiger partial charge in [-0.2, -0.15) is 0 Å². The normalized spacial score (nSPS) is 14.8. The summed E-state index contributed by atoms with van der Waals surface area (Å²) in [5, 5.41) is 26.2. The van der Waals surface area contributed by atoms with Crippen molar-refractivity contribution in [2.75, 3.05) is 0 Å². The van der Waals surface area contributed by atoms with Gasteiger partial charge in [-0.3, -0.25) is 19.2 Å². The second kappa shape index (κ2) is 14.5. The minimum atomic E-state index is -1.37. The summed E-state index contributed by atoms with van der Waals surface area (Å²) in [6, 6.07) is 3.87. The van der Waals surface area contributed by atoms with Gasteiger partial charge in [-0.05, 0) is 11.5 Å². The molecule has 0 radical (unpaired) electrons. The van der Waals surface area contributed by atoms with Crippen LogP contribution in [0.2, 0.25) is 0 Å². The highest BCUT2D eigenvalue weighted by Gasteiger charge is 2.33. The van der Waals surface area contributed by atoms with Gasteiger partial charge in [-0.15, -0.1) is 0 Å². The smallest absolute Gasteiger partial charge is 0.326 e. The number of imidazole rings is 1. The number of aliphatic carboxylic acids is 2. The molecule has 2 aromatic rings. The Morgan fingerprint density at radius 1 is 0.947 bits per heavy atom. The molecule has 2 rings (SSSR count). The fraction of sp³-hybridized carbons (Fsp3) is 0.440. The van der Waals surface area contributed by atoms with E-state index in [0.29, 0.717) is 17.7 Å². The molecule has 0 aliphatic heterocycles. The summed E-state index contributed by atoms with van der Waals surface area (Å²) in [5.74, 6) is -5.15. The summed E-state index contributed by atoms with van der Waals surface area (Å²) in [7, 11) is 0. The number of carboxylic acid groups (broad SMARTS) is 2. The van der Waals surface area contributed by atoms with Crippen LogP contribution in [0.4, 0.5) is 0 Å². The zero-order chi connectivity index (χ0) is 28.2. The Bertz CT molecular complexity index is 1090. The van der Waals surface area contributed by atoms with E-state index in [1.165, 1.54) is 12.5 Å². The molecular formula is C25H34N6O7. The van der Waals surface area contributed by atoms with Crippen LogP contribution in [0, 0.1) is 5.92 Å². The molecule has 3 amide bonds. The van der Waals surface area contributed by atoms with Crippen molar-refractivity contribution in [2.45, 2.75) is 63.7 Å². The van der Waals surface area contributed by atoms with E-state index in [0.717, 1.165) is 0 Å². The molecule has 38 heavy (non-hydrogen) atoms. The van der Waals surface area contributed by atoms with Crippen molar-refractivity contribution in [1.82, 2.24) is 25.9 Å². The van der Waals surface area contributed by atoms with Crippen molar-refractivity contribution in [3.8, 4) is 0 Å². The van der Waals surface area contributed by atoms with Crippen molar-refractivity contribution in [3.63, 3.8) is 0 Å². The Kier molecular flexibility index (Phi) is 11.4. The lowest BCUT2D eigenvalue weighted by Crippen LogP contribution is -2.59. The first-order valence-electron chi connectivity index (χ1n) is 12.1. The maximum Gasteiger partial charge on any atom is 0.326 e. The highest BCUT2D eigenvalue weighted by atomic mass is 16.4. The third-order valence-electron chi connectivity index (χ3n) is 6.03. The third kappa shape index (κ3) is 9.32. The van der Waals surface area contributed by atoms with Gasteiger partial charge in [-0.1, -0.05) is 50.6 Å². The molecule has 0 aliphatic rings. The van der Waals surface area contributed by atoms with Crippen LogP contribution in [0.15, 0.2) is 42.9 Å². The van der Waals surface area contributed by atoms with Crippen LogP contribution >= 0.6 is 0 Å². The van der Waals surface area contributed by atoms with E-state index >= 15 is 0 Å². The lowest BCUT2D eigenvalue weighted by atomic mass is 9.96. The quantitative estimate of drug-likeness (QED) is 0.159. The molecule has 1 aromatic carbocycles. The molecule has 0 bridgehead atoms. The number of nitrogens with two attached hydrogens (primary N) is 1. The predicted molar refractivity (Wildman–Crippen MR) is 136 cm³/mol. The molecule has 0 spiro atoms. The maximum absolute atomic E-state index is 13.3. The molecule has 1 heterocycles. The number of nitrogens with zero attached hydrogens (tertiary/aromatic N) is 1. The summed E-state index contributed by atoms with van der Waals surface area (Å²) in [4.78, 5) is 68.4. The molecule has 8 N–H and O–H groups in total. The number of H-pyrrole nitrogens is 1. The number of nitrogens with one attached hydrogen (secondary N) is 4. The van der Waals surface area contributed by atoms with Crippen molar-refractivity contribution in [2.24, 2.45) is 11.7 Å². The summed E-state index contributed by atoms with van der Waals surface area (Å²) < 4.78 is 0. The van der Waals surface area contributed by atoms with Gasteiger partial charge in [0.2, 0.25) is 17.7 Å². The van der Waals surface area contributed by atoms with Crippen LogP contribution in [0.5, 0.6) is 0 Å². The number of aromatic nitrogens is 2. The number of hydrogen-bond donors (Lipinski definition) is 7. The molecule has 0 saturated carbocycles. The molecule has 0 fully saturated rings. The average Bonchev–Trinajstić information content (AvgIpc) is 3.39. The monoisotopic (exact) mass is 530 g/mol. The van der Waals surface area contributed by atoms with E-state index in [9.17, 15) is 29.1 Å². The second-order valence-corrected chi connectivity index (χ2v) is 9.01. The van der Waals surface area contributed by atoms with Gasteiger partial charge in [0, 0.05) is 24.7 Å². The Labute approximate surface area is 219 Å². The molecule has 13 heteroatoms. The SMILES string of the molecule is CCC(C)C(NC(=O)C(N)CC(=O)O)C(=O)NC(Cc1ccccc1)C(=O)NC(Cc1cnc[nH]1)C(=O)O. The van der Waals surface area contributed by atoms with Crippen molar-refractivity contribution in [1.29, 1.82) is 0 Å². The van der Waals surface area contributed by atoms with E-state index in [4.69, 9.17) is 10.8 Å². The molecule has 5 atom stereocenters. The zero-order valence-corrected chi connectivity index (χ0v) is 21.2. The van der Waals surface area contributed by atoms with Gasteiger partial charge in [-0.25, -0.2) is 9.78 Å². The molecular weight excluding hydrogens is 496 g/mol. The predicted octanol–water partition coefficient (Wildman–Crippen LogP) is -0.418. The Hall–Kier alpha value is -4.26. The van der Waals surface area contributed by atoms with E-state index < -0.39 is 60.2 Å². The molecule has 206 valence electrons. The van der Waals surface area contributed by atoms with E-state index in [1.54, 1.807) is 44.2 Å². The minimum absolute atomic E-state index is 0.0501. The lowest BCUT2D eigenvalue weighted by molar-refractivity contribution is -0.142. The average molecular weight is 531 g/mol. The Morgan fingerprint density at radius 3 is 2.16 bits per heavy atom.